The van der Waals surface area contributed by atoms with Crippen molar-refractivity contribution in [1.29, 1.82) is 0 Å². The number of aryl methyl sites for hydroxylation is 2. The third-order valence-corrected chi connectivity index (χ3v) is 5.84. The number of ether oxygens (including phenoxy) is 2. The van der Waals surface area contributed by atoms with E-state index < -0.39 is 12.1 Å². The van der Waals surface area contributed by atoms with Crippen molar-refractivity contribution in [3.8, 4) is 0 Å². The zero-order valence-electron chi connectivity index (χ0n) is 16.6. The van der Waals surface area contributed by atoms with E-state index in [1.807, 2.05) is 13.8 Å². The van der Waals surface area contributed by atoms with Crippen LogP contribution in [0.5, 0.6) is 0 Å². The second kappa shape index (κ2) is 8.61. The quantitative estimate of drug-likeness (QED) is 0.758. The molecule has 10 heteroatoms. The molecule has 0 bridgehead atoms. The summed E-state index contributed by atoms with van der Waals surface area (Å²) in [6.07, 6.45) is -2.38. The van der Waals surface area contributed by atoms with E-state index in [4.69, 9.17) is 23.9 Å². The highest BCUT2D eigenvalue weighted by Crippen LogP contribution is 2.42. The van der Waals surface area contributed by atoms with E-state index in [1.54, 1.807) is 0 Å². The Balaban J connectivity index is 0.000000298. The largest absolute Gasteiger partial charge is 0.490 e. The summed E-state index contributed by atoms with van der Waals surface area (Å²) in [5.74, 6) is -0.374. The number of hydrogen-bond donors (Lipinski definition) is 1. The molecule has 2 atom stereocenters. The summed E-state index contributed by atoms with van der Waals surface area (Å²) < 4.78 is 48.9. The molecular weight excluding hydrogens is 393 g/mol. The second-order valence-electron chi connectivity index (χ2n) is 8.31. The van der Waals surface area contributed by atoms with Gasteiger partial charge in [0.15, 0.2) is 0 Å². The van der Waals surface area contributed by atoms with Crippen LogP contribution in [0.15, 0.2) is 4.52 Å². The predicted octanol–water partition coefficient (Wildman–Crippen LogP) is 2.80. The molecule has 0 radical (unpaired) electrons. The smallest absolute Gasteiger partial charge is 0.475 e. The fraction of sp³-hybridized carbons (Fsp3) is 0.789. The normalized spacial score (nSPS) is 26.9. The Labute approximate surface area is 167 Å². The van der Waals surface area contributed by atoms with Crippen molar-refractivity contribution in [3.63, 3.8) is 0 Å². The summed E-state index contributed by atoms with van der Waals surface area (Å²) in [7, 11) is 0. The molecule has 7 nitrogen and oxygen atoms in total. The first-order chi connectivity index (χ1) is 13.6. The number of fused-ring (bicyclic) bond motifs is 1. The van der Waals surface area contributed by atoms with Gasteiger partial charge in [0.25, 0.3) is 0 Å². The lowest BCUT2D eigenvalue weighted by Crippen LogP contribution is -2.36. The van der Waals surface area contributed by atoms with E-state index in [2.05, 4.69) is 10.1 Å². The average Bonchev–Trinajstić information content (AvgIpc) is 3.17. The molecule has 3 aliphatic rings. The van der Waals surface area contributed by atoms with E-state index in [-0.39, 0.29) is 5.41 Å². The van der Waals surface area contributed by atoms with Crippen LogP contribution >= 0.6 is 0 Å². The minimum absolute atomic E-state index is 0.202. The maximum Gasteiger partial charge on any atom is 0.490 e. The van der Waals surface area contributed by atoms with Crippen LogP contribution < -0.4 is 0 Å². The third-order valence-electron chi connectivity index (χ3n) is 5.84. The van der Waals surface area contributed by atoms with E-state index in [9.17, 15) is 13.2 Å². The molecule has 1 saturated carbocycles. The molecule has 1 aromatic heterocycles. The highest BCUT2D eigenvalue weighted by molar-refractivity contribution is 5.73. The number of nitrogens with zero attached hydrogens (tertiary/aromatic N) is 2. The van der Waals surface area contributed by atoms with Crippen molar-refractivity contribution in [3.05, 3.63) is 17.0 Å². The molecule has 29 heavy (non-hydrogen) atoms. The minimum atomic E-state index is -5.08. The number of hydrogen-bond acceptors (Lipinski definition) is 6. The Morgan fingerprint density at radius 2 is 2.07 bits per heavy atom. The van der Waals surface area contributed by atoms with Crippen molar-refractivity contribution in [1.82, 2.24) is 10.1 Å². The number of carboxylic acid groups (broad SMARTS) is 1. The van der Waals surface area contributed by atoms with Crippen molar-refractivity contribution < 1.29 is 37.1 Å². The molecular formula is C19H27F3N2O5. The van der Waals surface area contributed by atoms with Crippen LogP contribution in [0.4, 0.5) is 13.2 Å². The van der Waals surface area contributed by atoms with E-state index in [1.165, 1.54) is 18.4 Å². The van der Waals surface area contributed by atoms with Crippen LogP contribution in [0.2, 0.25) is 0 Å². The molecule has 1 N–H and O–H groups in total. The molecule has 1 aromatic rings. The maximum absolute atomic E-state index is 10.6. The lowest BCUT2D eigenvalue weighted by atomic mass is 9.82. The molecule has 0 spiro atoms. The van der Waals surface area contributed by atoms with Crippen LogP contribution in [0.25, 0.3) is 0 Å². The van der Waals surface area contributed by atoms with Gasteiger partial charge in [0.1, 0.15) is 5.76 Å². The highest BCUT2D eigenvalue weighted by Gasteiger charge is 2.51. The number of aliphatic carboxylic acids is 1. The Bertz CT molecular complexity index is 700. The third kappa shape index (κ3) is 5.49. The summed E-state index contributed by atoms with van der Waals surface area (Å²) in [4.78, 5) is 11.4. The number of likely N-dealkylation sites (tertiary alicyclic amines) is 1. The molecule has 2 saturated heterocycles. The molecule has 0 aromatic carbocycles. The first-order valence-electron chi connectivity index (χ1n) is 9.70. The predicted molar refractivity (Wildman–Crippen MR) is 95.2 cm³/mol. The van der Waals surface area contributed by atoms with Gasteiger partial charge >= 0.3 is 12.1 Å². The van der Waals surface area contributed by atoms with Gasteiger partial charge in [0.2, 0.25) is 0 Å². The second-order valence-corrected chi connectivity index (χ2v) is 8.31. The molecule has 3 heterocycles. The number of alkyl halides is 3. The standard InChI is InChI=1S/C17H26N2O3.C2HF3O2/c1-12-16(13(2)22-18-12)6-19-5-15-8-21-11-17(15,9-19)10-20-7-14-3-4-14;3-2(4,5)1(6)7/h14-15H,3-11H2,1-2H3;(H,6,7)/t15-,17-;/m1./s1. The zero-order valence-corrected chi connectivity index (χ0v) is 16.6. The van der Waals surface area contributed by atoms with Gasteiger partial charge in [-0.25, -0.2) is 4.79 Å². The molecule has 0 amide bonds. The Kier molecular flexibility index (Phi) is 6.54. The van der Waals surface area contributed by atoms with Gasteiger partial charge in [-0.3, -0.25) is 4.90 Å². The van der Waals surface area contributed by atoms with E-state index in [0.29, 0.717) is 5.92 Å². The number of halogens is 3. The van der Waals surface area contributed by atoms with E-state index in [0.717, 1.165) is 63.4 Å². The zero-order chi connectivity index (χ0) is 21.2. The van der Waals surface area contributed by atoms with Crippen LogP contribution in [-0.4, -0.2) is 66.8 Å². The Hall–Kier alpha value is -1.65. The fourth-order valence-corrected chi connectivity index (χ4v) is 3.93. The molecule has 1 aliphatic carbocycles. The highest BCUT2D eigenvalue weighted by atomic mass is 19.4. The van der Waals surface area contributed by atoms with Gasteiger partial charge in [-0.1, -0.05) is 5.16 Å². The van der Waals surface area contributed by atoms with Gasteiger partial charge < -0.3 is 19.1 Å². The lowest BCUT2D eigenvalue weighted by molar-refractivity contribution is -0.192. The summed E-state index contributed by atoms with van der Waals surface area (Å²) >= 11 is 0. The van der Waals surface area contributed by atoms with Crippen molar-refractivity contribution >= 4 is 5.97 Å². The van der Waals surface area contributed by atoms with Crippen LogP contribution in [0.1, 0.15) is 29.9 Å². The lowest BCUT2D eigenvalue weighted by Gasteiger charge is -2.27. The van der Waals surface area contributed by atoms with Gasteiger partial charge in [-0.15, -0.1) is 0 Å². The van der Waals surface area contributed by atoms with Gasteiger partial charge in [0, 0.05) is 43.1 Å². The number of carboxylic acids is 1. The molecule has 164 valence electrons. The van der Waals surface area contributed by atoms with Crippen molar-refractivity contribution in [2.75, 3.05) is 39.5 Å². The Morgan fingerprint density at radius 3 is 2.62 bits per heavy atom. The molecule has 2 aliphatic heterocycles. The van der Waals surface area contributed by atoms with Gasteiger partial charge in [-0.2, -0.15) is 13.2 Å². The van der Waals surface area contributed by atoms with Crippen LogP contribution in [0, 0.1) is 31.1 Å². The van der Waals surface area contributed by atoms with E-state index >= 15 is 0 Å². The summed E-state index contributed by atoms with van der Waals surface area (Å²) in [5, 5.41) is 11.2. The first kappa shape index (κ1) is 22.0. The van der Waals surface area contributed by atoms with Crippen LogP contribution in [-0.2, 0) is 20.8 Å². The Morgan fingerprint density at radius 1 is 1.38 bits per heavy atom. The molecule has 3 fully saturated rings. The minimum Gasteiger partial charge on any atom is -0.475 e. The monoisotopic (exact) mass is 420 g/mol. The van der Waals surface area contributed by atoms with Crippen LogP contribution in [0.3, 0.4) is 0 Å². The maximum atomic E-state index is 10.6. The number of aromatic nitrogens is 1. The summed E-state index contributed by atoms with van der Waals surface area (Å²) in [5.41, 5.74) is 2.47. The molecule has 0 unspecified atom stereocenters. The van der Waals surface area contributed by atoms with Gasteiger partial charge in [-0.05, 0) is 32.6 Å². The fourth-order valence-electron chi connectivity index (χ4n) is 3.93. The number of rotatable bonds is 6. The first-order valence-corrected chi connectivity index (χ1v) is 9.70. The summed E-state index contributed by atoms with van der Waals surface area (Å²) in [6, 6.07) is 0. The average molecular weight is 420 g/mol. The van der Waals surface area contributed by atoms with Gasteiger partial charge in [0.05, 0.1) is 25.5 Å². The van der Waals surface area contributed by atoms with Crippen molar-refractivity contribution in [2.24, 2.45) is 17.3 Å². The number of carbonyl (C=O) groups is 1. The topological polar surface area (TPSA) is 85.0 Å². The van der Waals surface area contributed by atoms with Crippen molar-refractivity contribution in [2.45, 2.75) is 39.4 Å². The summed E-state index contributed by atoms with van der Waals surface area (Å²) in [6.45, 7) is 10.6. The SMILES string of the molecule is Cc1noc(C)c1CN1C[C@@H]2COC[C@]2(COCC2CC2)C1.O=C(O)C(F)(F)F. The molecule has 4 rings (SSSR count).